The molecule has 6 nitrogen and oxygen atoms in total. The molecule has 1 heterocycles. The minimum atomic E-state index is -3.72. The molecule has 0 saturated heterocycles. The zero-order chi connectivity index (χ0) is 17.0. The van der Waals surface area contributed by atoms with E-state index < -0.39 is 10.0 Å². The van der Waals surface area contributed by atoms with Crippen LogP contribution in [0.15, 0.2) is 46.7 Å². The van der Waals surface area contributed by atoms with Crippen molar-refractivity contribution in [2.24, 2.45) is 5.14 Å². The van der Waals surface area contributed by atoms with Gasteiger partial charge in [-0.05, 0) is 42.6 Å². The monoisotopic (exact) mass is 354 g/mol. The number of sulfonamides is 1. The molecule has 8 heteroatoms. The highest BCUT2D eigenvalue weighted by molar-refractivity contribution is 7.89. The second-order valence-electron chi connectivity index (χ2n) is 5.38. The lowest BCUT2D eigenvalue weighted by Crippen LogP contribution is -3.12. The SMILES string of the molecule is C[C@H](C(=O)Nc1ccc(S(N)(=O)=O)cc1)[NH+](C)Cc1cccs1. The second kappa shape index (κ2) is 7.22. The number of primary sulfonamides is 1. The number of anilines is 1. The Labute approximate surface area is 140 Å². The van der Waals surface area contributed by atoms with Crippen LogP contribution < -0.4 is 15.4 Å². The third kappa shape index (κ3) is 4.87. The Hall–Kier alpha value is -1.74. The smallest absolute Gasteiger partial charge is 0.282 e. The number of rotatable bonds is 6. The lowest BCUT2D eigenvalue weighted by atomic mass is 10.2. The van der Waals surface area contributed by atoms with E-state index in [0.717, 1.165) is 11.4 Å². The molecule has 1 aromatic carbocycles. The number of hydrogen-bond acceptors (Lipinski definition) is 4. The molecule has 1 amide bonds. The van der Waals surface area contributed by atoms with E-state index in [9.17, 15) is 13.2 Å². The van der Waals surface area contributed by atoms with Crippen molar-refractivity contribution < 1.29 is 18.1 Å². The minimum absolute atomic E-state index is 0.0176. The molecule has 0 aliphatic heterocycles. The average Bonchev–Trinajstić information content (AvgIpc) is 2.98. The number of carbonyl (C=O) groups is 1. The third-order valence-electron chi connectivity index (χ3n) is 3.62. The quantitative estimate of drug-likeness (QED) is 0.702. The summed E-state index contributed by atoms with van der Waals surface area (Å²) >= 11 is 1.67. The van der Waals surface area contributed by atoms with Gasteiger partial charge < -0.3 is 10.2 Å². The molecule has 1 aromatic heterocycles. The first-order chi connectivity index (χ1) is 10.8. The number of quaternary nitrogens is 1. The summed E-state index contributed by atoms with van der Waals surface area (Å²) in [5.74, 6) is -0.123. The van der Waals surface area contributed by atoms with Gasteiger partial charge in [0.05, 0.1) is 16.8 Å². The maximum atomic E-state index is 12.3. The highest BCUT2D eigenvalue weighted by Gasteiger charge is 2.22. The molecular formula is C15H20N3O3S2+. The first kappa shape index (κ1) is 17.6. The number of nitrogens with one attached hydrogen (secondary N) is 2. The van der Waals surface area contributed by atoms with Crippen LogP contribution in [0.3, 0.4) is 0 Å². The Bertz CT molecular complexity index is 756. The van der Waals surface area contributed by atoms with Crippen molar-refractivity contribution in [1.82, 2.24) is 0 Å². The number of nitrogens with two attached hydrogens (primary N) is 1. The Morgan fingerprint density at radius 1 is 1.30 bits per heavy atom. The van der Waals surface area contributed by atoms with Gasteiger partial charge in [-0.25, -0.2) is 13.6 Å². The lowest BCUT2D eigenvalue weighted by Gasteiger charge is -2.20. The second-order valence-corrected chi connectivity index (χ2v) is 7.98. The maximum absolute atomic E-state index is 12.3. The van der Waals surface area contributed by atoms with Crippen LogP contribution in [0.25, 0.3) is 0 Å². The van der Waals surface area contributed by atoms with E-state index in [1.807, 2.05) is 31.5 Å². The van der Waals surface area contributed by atoms with Gasteiger partial charge in [0, 0.05) is 5.69 Å². The van der Waals surface area contributed by atoms with E-state index in [-0.39, 0.29) is 16.8 Å². The lowest BCUT2D eigenvalue weighted by molar-refractivity contribution is -0.907. The highest BCUT2D eigenvalue weighted by Crippen LogP contribution is 2.13. The molecule has 124 valence electrons. The fraction of sp³-hybridized carbons (Fsp3) is 0.267. The number of benzene rings is 1. The highest BCUT2D eigenvalue weighted by atomic mass is 32.2. The fourth-order valence-electron chi connectivity index (χ4n) is 2.04. The molecule has 0 aliphatic carbocycles. The van der Waals surface area contributed by atoms with E-state index >= 15 is 0 Å². The van der Waals surface area contributed by atoms with Crippen molar-refractivity contribution in [2.75, 3.05) is 12.4 Å². The summed E-state index contributed by atoms with van der Waals surface area (Å²) in [6.07, 6.45) is 0. The van der Waals surface area contributed by atoms with E-state index in [4.69, 9.17) is 5.14 Å². The zero-order valence-electron chi connectivity index (χ0n) is 12.9. The molecule has 0 aliphatic rings. The van der Waals surface area contributed by atoms with E-state index in [1.165, 1.54) is 29.1 Å². The zero-order valence-corrected chi connectivity index (χ0v) is 14.6. The van der Waals surface area contributed by atoms with Gasteiger partial charge in [-0.3, -0.25) is 4.79 Å². The normalized spacial score (nSPS) is 14.2. The molecule has 4 N–H and O–H groups in total. The molecule has 23 heavy (non-hydrogen) atoms. The van der Waals surface area contributed by atoms with E-state index in [1.54, 1.807) is 11.3 Å². The van der Waals surface area contributed by atoms with Crippen LogP contribution in [0.4, 0.5) is 5.69 Å². The molecule has 0 bridgehead atoms. The van der Waals surface area contributed by atoms with Gasteiger partial charge in [0.25, 0.3) is 5.91 Å². The topological polar surface area (TPSA) is 93.7 Å². The summed E-state index contributed by atoms with van der Waals surface area (Å²) in [4.78, 5) is 14.6. The van der Waals surface area contributed by atoms with Crippen molar-refractivity contribution >= 4 is 33.0 Å². The number of hydrogen-bond donors (Lipinski definition) is 3. The summed E-state index contributed by atoms with van der Waals surface area (Å²) in [6, 6.07) is 9.60. The van der Waals surface area contributed by atoms with Crippen LogP contribution in [-0.4, -0.2) is 27.4 Å². The van der Waals surface area contributed by atoms with Crippen molar-refractivity contribution in [3.8, 4) is 0 Å². The maximum Gasteiger partial charge on any atom is 0.282 e. The van der Waals surface area contributed by atoms with Crippen molar-refractivity contribution in [2.45, 2.75) is 24.4 Å². The Kier molecular flexibility index (Phi) is 5.53. The van der Waals surface area contributed by atoms with Gasteiger partial charge in [0.2, 0.25) is 10.0 Å². The van der Waals surface area contributed by atoms with Gasteiger partial charge >= 0.3 is 0 Å². The first-order valence-corrected chi connectivity index (χ1v) is 9.48. The van der Waals surface area contributed by atoms with Crippen LogP contribution in [0.1, 0.15) is 11.8 Å². The predicted molar refractivity (Wildman–Crippen MR) is 90.8 cm³/mol. The Balaban J connectivity index is 1.97. The molecule has 2 atom stereocenters. The predicted octanol–water partition coefficient (Wildman–Crippen LogP) is 0.437. The van der Waals surface area contributed by atoms with Gasteiger partial charge in [-0.15, -0.1) is 11.3 Å². The molecule has 2 aromatic rings. The van der Waals surface area contributed by atoms with Crippen LogP contribution in [0, 0.1) is 0 Å². The van der Waals surface area contributed by atoms with Gasteiger partial charge in [-0.1, -0.05) is 6.07 Å². The van der Waals surface area contributed by atoms with Crippen LogP contribution in [0.2, 0.25) is 0 Å². The average molecular weight is 354 g/mol. The van der Waals surface area contributed by atoms with Crippen LogP contribution in [-0.2, 0) is 21.4 Å². The molecule has 0 fully saturated rings. The van der Waals surface area contributed by atoms with Gasteiger partial charge in [-0.2, -0.15) is 0 Å². The van der Waals surface area contributed by atoms with Crippen molar-refractivity contribution in [3.05, 3.63) is 46.7 Å². The molecule has 0 saturated carbocycles. The van der Waals surface area contributed by atoms with Crippen LogP contribution in [0.5, 0.6) is 0 Å². The minimum Gasteiger partial charge on any atom is -0.323 e. The summed E-state index contributed by atoms with van der Waals surface area (Å²) in [5.41, 5.74) is 0.540. The number of likely N-dealkylation sites (N-methyl/N-ethyl adjacent to an activating group) is 1. The summed E-state index contributed by atoms with van der Waals surface area (Å²) in [5, 5.41) is 9.85. The largest absolute Gasteiger partial charge is 0.323 e. The number of carbonyl (C=O) groups excluding carboxylic acids is 1. The summed E-state index contributed by atoms with van der Waals surface area (Å²) in [7, 11) is -1.76. The third-order valence-corrected chi connectivity index (χ3v) is 5.42. The molecule has 0 radical (unpaired) electrons. The molecule has 2 rings (SSSR count). The van der Waals surface area contributed by atoms with E-state index in [0.29, 0.717) is 5.69 Å². The fourth-order valence-corrected chi connectivity index (χ4v) is 3.36. The molecular weight excluding hydrogens is 334 g/mol. The summed E-state index contributed by atoms with van der Waals surface area (Å²) < 4.78 is 22.4. The number of thiophene rings is 1. The van der Waals surface area contributed by atoms with Gasteiger partial charge in [0.15, 0.2) is 6.04 Å². The molecule has 0 spiro atoms. The Morgan fingerprint density at radius 3 is 2.48 bits per heavy atom. The standard InChI is InChI=1S/C15H19N3O3S2/c1-11(18(2)10-13-4-3-9-22-13)15(19)17-12-5-7-14(8-6-12)23(16,20)21/h3-9,11H,10H2,1-2H3,(H,17,19)(H2,16,20,21)/p+1/t11-/m1/s1. The van der Waals surface area contributed by atoms with Crippen LogP contribution >= 0.6 is 11.3 Å². The van der Waals surface area contributed by atoms with Gasteiger partial charge in [0.1, 0.15) is 6.54 Å². The first-order valence-electron chi connectivity index (χ1n) is 7.06. The van der Waals surface area contributed by atoms with Crippen molar-refractivity contribution in [3.63, 3.8) is 0 Å². The van der Waals surface area contributed by atoms with E-state index in [2.05, 4.69) is 5.32 Å². The van der Waals surface area contributed by atoms with Crippen molar-refractivity contribution in [1.29, 1.82) is 0 Å². The summed E-state index contributed by atoms with van der Waals surface area (Å²) in [6.45, 7) is 2.63. The molecule has 1 unspecified atom stereocenters. The number of amides is 1. The Morgan fingerprint density at radius 2 is 1.96 bits per heavy atom.